The van der Waals surface area contributed by atoms with Gasteiger partial charge in [-0.15, -0.1) is 22.9 Å². The average molecular weight is 523 g/mol. The van der Waals surface area contributed by atoms with Crippen LogP contribution >= 0.6 is 22.9 Å². The van der Waals surface area contributed by atoms with Gasteiger partial charge in [0.25, 0.3) is 0 Å². The zero-order valence-electron chi connectivity index (χ0n) is 20.7. The van der Waals surface area contributed by atoms with E-state index in [9.17, 15) is 4.79 Å². The molecule has 0 radical (unpaired) electrons. The number of nitrogens with one attached hydrogen (secondary N) is 2. The third-order valence-electron chi connectivity index (χ3n) is 6.65. The predicted molar refractivity (Wildman–Crippen MR) is 148 cm³/mol. The molecule has 36 heavy (non-hydrogen) atoms. The molecule has 0 aromatic carbocycles. The number of anilines is 1. The number of aliphatic imine (C=N–C) groups is 1. The maximum Gasteiger partial charge on any atom is 0.217 e. The maximum absolute atomic E-state index is 10.9. The predicted octanol–water partition coefficient (Wildman–Crippen LogP) is 5.04. The Morgan fingerprint density at radius 3 is 2.67 bits per heavy atom. The van der Waals surface area contributed by atoms with E-state index in [1.54, 1.807) is 18.0 Å². The molecule has 1 aliphatic heterocycles. The van der Waals surface area contributed by atoms with Gasteiger partial charge in [0.15, 0.2) is 0 Å². The number of carbonyl (C=O) groups excluding carboxylic acids is 1. The van der Waals surface area contributed by atoms with Crippen LogP contribution in [0, 0.1) is 35.5 Å². The summed E-state index contributed by atoms with van der Waals surface area (Å²) in [6, 6.07) is 3.87. The minimum Gasteiger partial charge on any atom is -0.370 e. The standard InChI is InChI=1S/C27H31ClN6OS/c1-16-22(13-12-21-11-6-18(14-32-21)4-3-5-24(31)35)36-27-25(16)26(19-7-9-20(28)10-8-19)33-15-23(30)34(27)17(2)29/h6,11,14,19-20,29-30H,3-5,7-10,15H2,1-2H3,(H2,31,35). The third kappa shape index (κ3) is 5.85. The Hall–Kier alpha value is -3.02. The highest BCUT2D eigenvalue weighted by molar-refractivity contribution is 7.17. The Morgan fingerprint density at radius 2 is 2.03 bits per heavy atom. The molecule has 0 bridgehead atoms. The van der Waals surface area contributed by atoms with Gasteiger partial charge in [0, 0.05) is 35.2 Å². The summed E-state index contributed by atoms with van der Waals surface area (Å²) in [5.74, 6) is 7.08. The number of halogens is 1. The van der Waals surface area contributed by atoms with Crippen LogP contribution in [-0.2, 0) is 11.2 Å². The molecular weight excluding hydrogens is 492 g/mol. The number of hydrogen-bond donors (Lipinski definition) is 3. The van der Waals surface area contributed by atoms with Crippen molar-refractivity contribution in [2.75, 3.05) is 11.4 Å². The van der Waals surface area contributed by atoms with Crippen LogP contribution in [-0.4, -0.2) is 40.2 Å². The molecule has 2 aliphatic rings. The number of fused-ring (bicyclic) bond motifs is 1. The Labute approximate surface area is 221 Å². The molecule has 2 aromatic rings. The first-order valence-corrected chi connectivity index (χ1v) is 13.5. The van der Waals surface area contributed by atoms with Crippen molar-refractivity contribution in [2.45, 2.75) is 64.2 Å². The fourth-order valence-electron chi connectivity index (χ4n) is 4.76. The maximum atomic E-state index is 10.9. The number of rotatable bonds is 5. The first-order chi connectivity index (χ1) is 17.2. The summed E-state index contributed by atoms with van der Waals surface area (Å²) in [6.45, 7) is 4.03. The molecular formula is C27H31ClN6OS. The summed E-state index contributed by atoms with van der Waals surface area (Å²) in [4.78, 5) is 22.9. The number of pyridine rings is 1. The quantitative estimate of drug-likeness (QED) is 0.221. The van der Waals surface area contributed by atoms with E-state index in [4.69, 9.17) is 33.1 Å². The summed E-state index contributed by atoms with van der Waals surface area (Å²) in [7, 11) is 0. The van der Waals surface area contributed by atoms with Gasteiger partial charge in [0.2, 0.25) is 5.91 Å². The molecule has 7 nitrogen and oxygen atoms in total. The van der Waals surface area contributed by atoms with Crippen molar-refractivity contribution in [2.24, 2.45) is 16.6 Å². The second-order valence-corrected chi connectivity index (χ2v) is 11.0. The Bertz CT molecular complexity index is 1260. The highest BCUT2D eigenvalue weighted by atomic mass is 35.5. The number of amides is 1. The number of nitrogens with zero attached hydrogens (tertiary/aromatic N) is 3. The fraction of sp³-hybridized carbons (Fsp3) is 0.444. The monoisotopic (exact) mass is 522 g/mol. The van der Waals surface area contributed by atoms with E-state index in [1.807, 2.05) is 12.1 Å². The Kier molecular flexibility index (Phi) is 8.22. The van der Waals surface area contributed by atoms with E-state index in [0.29, 0.717) is 36.1 Å². The number of amidine groups is 2. The van der Waals surface area contributed by atoms with Crippen LogP contribution in [0.2, 0.25) is 0 Å². The number of alkyl halides is 1. The number of hydrogen-bond acceptors (Lipinski definition) is 6. The second-order valence-electron chi connectivity index (χ2n) is 9.38. The molecule has 9 heteroatoms. The van der Waals surface area contributed by atoms with Gasteiger partial charge in [-0.1, -0.05) is 6.07 Å². The van der Waals surface area contributed by atoms with Crippen LogP contribution in [0.4, 0.5) is 5.00 Å². The van der Waals surface area contributed by atoms with Gasteiger partial charge in [-0.25, -0.2) is 4.98 Å². The molecule has 4 rings (SSSR count). The number of primary amides is 1. The largest absolute Gasteiger partial charge is 0.370 e. The van der Waals surface area contributed by atoms with E-state index in [2.05, 4.69) is 23.7 Å². The van der Waals surface area contributed by atoms with Crippen LogP contribution in [0.1, 0.15) is 72.7 Å². The van der Waals surface area contributed by atoms with Crippen LogP contribution in [0.15, 0.2) is 23.3 Å². The molecule has 0 spiro atoms. The van der Waals surface area contributed by atoms with Crippen LogP contribution in [0.3, 0.4) is 0 Å². The van der Waals surface area contributed by atoms with Gasteiger partial charge in [0.05, 0.1) is 11.4 Å². The number of thiophene rings is 1. The van der Waals surface area contributed by atoms with Crippen molar-refractivity contribution in [1.29, 1.82) is 10.8 Å². The lowest BCUT2D eigenvalue weighted by atomic mass is 9.82. The lowest BCUT2D eigenvalue weighted by Gasteiger charge is -2.27. The summed E-state index contributed by atoms with van der Waals surface area (Å²) in [6.07, 6.45) is 7.50. The zero-order chi connectivity index (χ0) is 25.8. The van der Waals surface area contributed by atoms with E-state index >= 15 is 0 Å². The van der Waals surface area contributed by atoms with E-state index in [1.165, 1.54) is 11.3 Å². The van der Waals surface area contributed by atoms with Crippen molar-refractivity contribution in [3.8, 4) is 11.8 Å². The molecule has 1 saturated carbocycles. The lowest BCUT2D eigenvalue weighted by Crippen LogP contribution is -2.35. The average Bonchev–Trinajstić information content (AvgIpc) is 3.06. The summed E-state index contributed by atoms with van der Waals surface area (Å²) < 4.78 is 0. The fourth-order valence-corrected chi connectivity index (χ4v) is 6.26. The third-order valence-corrected chi connectivity index (χ3v) is 8.28. The smallest absolute Gasteiger partial charge is 0.217 e. The number of carbonyl (C=O) groups is 1. The van der Waals surface area contributed by atoms with Crippen LogP contribution < -0.4 is 10.6 Å². The van der Waals surface area contributed by atoms with Crippen molar-refractivity contribution in [3.05, 3.63) is 45.6 Å². The van der Waals surface area contributed by atoms with Crippen LogP contribution in [0.25, 0.3) is 0 Å². The van der Waals surface area contributed by atoms with E-state index in [0.717, 1.165) is 64.4 Å². The summed E-state index contributed by atoms with van der Waals surface area (Å²) in [5, 5.41) is 18.0. The molecule has 3 heterocycles. The Morgan fingerprint density at radius 1 is 1.28 bits per heavy atom. The minimum absolute atomic E-state index is 0.220. The first-order valence-electron chi connectivity index (χ1n) is 12.2. The number of aryl methyl sites for hydroxylation is 1. The highest BCUT2D eigenvalue weighted by Crippen LogP contribution is 2.41. The van der Waals surface area contributed by atoms with Gasteiger partial charge in [0.1, 0.15) is 22.4 Å². The van der Waals surface area contributed by atoms with E-state index < -0.39 is 0 Å². The second kappa shape index (κ2) is 11.4. The number of aromatic nitrogens is 1. The molecule has 188 valence electrons. The van der Waals surface area contributed by atoms with Crippen molar-refractivity contribution < 1.29 is 4.79 Å². The number of nitrogens with two attached hydrogens (primary N) is 1. The normalized spacial score (nSPS) is 19.6. The molecule has 1 amide bonds. The van der Waals surface area contributed by atoms with Crippen molar-refractivity contribution in [1.82, 2.24) is 4.98 Å². The molecule has 0 atom stereocenters. The van der Waals surface area contributed by atoms with Crippen molar-refractivity contribution in [3.63, 3.8) is 0 Å². The molecule has 2 aromatic heterocycles. The van der Waals surface area contributed by atoms with Gasteiger partial charge in [-0.3, -0.25) is 25.5 Å². The first kappa shape index (κ1) is 26.1. The van der Waals surface area contributed by atoms with Gasteiger partial charge in [-0.2, -0.15) is 0 Å². The topological polar surface area (TPSA) is 119 Å². The Balaban J connectivity index is 1.65. The zero-order valence-corrected chi connectivity index (χ0v) is 22.2. The van der Waals surface area contributed by atoms with E-state index in [-0.39, 0.29) is 17.8 Å². The molecule has 4 N–H and O–H groups in total. The van der Waals surface area contributed by atoms with Gasteiger partial charge < -0.3 is 5.73 Å². The molecule has 1 aliphatic carbocycles. The summed E-state index contributed by atoms with van der Waals surface area (Å²) in [5.41, 5.74) is 10.0. The molecule has 0 saturated heterocycles. The molecule has 1 fully saturated rings. The molecule has 0 unspecified atom stereocenters. The SMILES string of the molecule is CC(=N)N1C(=N)CN=C(C2CCC(Cl)CC2)c2c1sc(C#Cc1ccc(CCCC(N)=O)cn1)c2C. The highest BCUT2D eigenvalue weighted by Gasteiger charge is 2.33. The van der Waals surface area contributed by atoms with Crippen LogP contribution in [0.5, 0.6) is 0 Å². The van der Waals surface area contributed by atoms with Gasteiger partial charge >= 0.3 is 0 Å². The lowest BCUT2D eigenvalue weighted by molar-refractivity contribution is -0.118. The summed E-state index contributed by atoms with van der Waals surface area (Å²) >= 11 is 7.88. The minimum atomic E-state index is -0.290. The van der Waals surface area contributed by atoms with Gasteiger partial charge in [-0.05, 0) is 81.4 Å². The van der Waals surface area contributed by atoms with Crippen molar-refractivity contribution >= 4 is 51.2 Å².